The second-order valence-electron chi connectivity index (χ2n) is 5.69. The number of fused-ring (bicyclic) bond motifs is 1. The highest BCUT2D eigenvalue weighted by atomic mass is 14.8. The summed E-state index contributed by atoms with van der Waals surface area (Å²) >= 11 is 0. The van der Waals surface area contributed by atoms with Crippen LogP contribution in [0.4, 0.5) is 5.69 Å². The molecule has 0 spiro atoms. The quantitative estimate of drug-likeness (QED) is 0.667. The lowest BCUT2D eigenvalue weighted by atomic mass is 10.0. The van der Waals surface area contributed by atoms with Gasteiger partial charge in [0.05, 0.1) is 11.4 Å². The minimum atomic E-state index is 0.920. The van der Waals surface area contributed by atoms with Gasteiger partial charge in [0.25, 0.3) is 0 Å². The lowest BCUT2D eigenvalue weighted by molar-refractivity contribution is 1.33. The minimum absolute atomic E-state index is 0.920. The number of hydrogen-bond donors (Lipinski definition) is 0. The molecule has 0 aliphatic carbocycles. The molecule has 4 rings (SSSR count). The number of pyridine rings is 1. The van der Waals surface area contributed by atoms with Crippen molar-refractivity contribution in [2.75, 3.05) is 0 Å². The Kier molecular flexibility index (Phi) is 3.08. The van der Waals surface area contributed by atoms with Crippen LogP contribution in [0, 0.1) is 6.92 Å². The van der Waals surface area contributed by atoms with Crippen molar-refractivity contribution in [3.05, 3.63) is 83.7 Å². The van der Waals surface area contributed by atoms with Crippen LogP contribution in [0.2, 0.25) is 0 Å². The average molecular weight is 284 g/mol. The third-order valence-electron chi connectivity index (χ3n) is 4.06. The minimum Gasteiger partial charge on any atom is -0.264 e. The van der Waals surface area contributed by atoms with Crippen LogP contribution < -0.4 is 0 Å². The molecule has 106 valence electrons. The summed E-state index contributed by atoms with van der Waals surface area (Å²) in [6.07, 6.45) is 4.61. The molecule has 1 aliphatic heterocycles. The van der Waals surface area contributed by atoms with E-state index in [-0.39, 0.29) is 0 Å². The summed E-state index contributed by atoms with van der Waals surface area (Å²) in [5, 5.41) is 0. The number of nitrogens with zero attached hydrogens (tertiary/aromatic N) is 2. The summed E-state index contributed by atoms with van der Waals surface area (Å²) in [5.74, 6) is 0. The van der Waals surface area contributed by atoms with Crippen molar-refractivity contribution in [2.45, 2.75) is 13.3 Å². The Labute approximate surface area is 130 Å². The van der Waals surface area contributed by atoms with Crippen molar-refractivity contribution in [2.24, 2.45) is 4.99 Å². The van der Waals surface area contributed by atoms with E-state index < -0.39 is 0 Å². The number of aliphatic imine (C=N–C) groups is 1. The topological polar surface area (TPSA) is 25.2 Å². The van der Waals surface area contributed by atoms with Crippen LogP contribution in [0.15, 0.2) is 72.0 Å². The molecular weight excluding hydrogens is 268 g/mol. The molecule has 1 aromatic heterocycles. The maximum atomic E-state index is 4.77. The Balaban J connectivity index is 1.63. The van der Waals surface area contributed by atoms with Crippen molar-refractivity contribution in [3.63, 3.8) is 0 Å². The molecule has 2 heteroatoms. The highest BCUT2D eigenvalue weighted by molar-refractivity contribution is 6.06. The molecule has 0 atom stereocenters. The zero-order valence-electron chi connectivity index (χ0n) is 12.5. The highest BCUT2D eigenvalue weighted by Crippen LogP contribution is 2.30. The molecule has 0 unspecified atom stereocenters. The Morgan fingerprint density at radius 1 is 0.864 bits per heavy atom. The molecule has 1 aliphatic rings. The number of benzene rings is 2. The number of rotatable bonds is 2. The first kappa shape index (κ1) is 13.0. The van der Waals surface area contributed by atoms with Crippen LogP contribution in [0.3, 0.4) is 0 Å². The predicted molar refractivity (Wildman–Crippen MR) is 90.8 cm³/mol. The van der Waals surface area contributed by atoms with Gasteiger partial charge in [-0.2, -0.15) is 0 Å². The van der Waals surface area contributed by atoms with Gasteiger partial charge in [-0.05, 0) is 41.3 Å². The van der Waals surface area contributed by atoms with Gasteiger partial charge in [0.2, 0.25) is 0 Å². The molecule has 3 aromatic rings. The van der Waals surface area contributed by atoms with E-state index in [0.29, 0.717) is 0 Å². The first-order chi connectivity index (χ1) is 10.8. The first-order valence-corrected chi connectivity index (χ1v) is 7.47. The van der Waals surface area contributed by atoms with Crippen molar-refractivity contribution in [3.8, 4) is 11.1 Å². The lowest BCUT2D eigenvalue weighted by Crippen LogP contribution is -2.00. The molecule has 2 aromatic carbocycles. The molecule has 0 bridgehead atoms. The molecule has 0 saturated carbocycles. The van der Waals surface area contributed by atoms with E-state index in [9.17, 15) is 0 Å². The summed E-state index contributed by atoms with van der Waals surface area (Å²) < 4.78 is 0. The number of aryl methyl sites for hydroxylation is 1. The van der Waals surface area contributed by atoms with Gasteiger partial charge >= 0.3 is 0 Å². The fourth-order valence-corrected chi connectivity index (χ4v) is 2.89. The fraction of sp³-hybridized carbons (Fsp3) is 0.100. The normalized spacial score (nSPS) is 12.9. The van der Waals surface area contributed by atoms with Crippen molar-refractivity contribution in [1.29, 1.82) is 0 Å². The molecule has 0 amide bonds. The fourth-order valence-electron chi connectivity index (χ4n) is 2.89. The van der Waals surface area contributed by atoms with Crippen molar-refractivity contribution in [1.82, 2.24) is 4.98 Å². The van der Waals surface area contributed by atoms with Crippen LogP contribution in [-0.4, -0.2) is 10.7 Å². The SMILES string of the molecule is Cc1ccc2c(c1)CC(c1ccc(-c3cccnc3)cc1)=N2. The van der Waals surface area contributed by atoms with E-state index >= 15 is 0 Å². The maximum absolute atomic E-state index is 4.77. The summed E-state index contributed by atoms with van der Waals surface area (Å²) in [4.78, 5) is 8.94. The first-order valence-electron chi connectivity index (χ1n) is 7.47. The molecule has 2 nitrogen and oxygen atoms in total. The second kappa shape index (κ2) is 5.23. The lowest BCUT2D eigenvalue weighted by Gasteiger charge is -2.04. The molecule has 0 saturated heterocycles. The van der Waals surface area contributed by atoms with Crippen LogP contribution in [0.25, 0.3) is 11.1 Å². The van der Waals surface area contributed by atoms with Crippen LogP contribution in [-0.2, 0) is 6.42 Å². The van der Waals surface area contributed by atoms with Gasteiger partial charge in [0.1, 0.15) is 0 Å². The van der Waals surface area contributed by atoms with E-state index in [2.05, 4.69) is 60.4 Å². The summed E-state index contributed by atoms with van der Waals surface area (Å²) in [6, 6.07) is 19.1. The molecule has 22 heavy (non-hydrogen) atoms. The molecule has 0 fully saturated rings. The third kappa shape index (κ3) is 2.33. The molecular formula is C20H16N2. The van der Waals surface area contributed by atoms with E-state index in [0.717, 1.165) is 23.4 Å². The van der Waals surface area contributed by atoms with Crippen LogP contribution in [0.5, 0.6) is 0 Å². The standard InChI is InChI=1S/C20H16N2/c1-14-4-9-19-18(11-14)12-20(22-19)16-7-5-15(6-8-16)17-3-2-10-21-13-17/h2-11,13H,12H2,1H3. The van der Waals surface area contributed by atoms with E-state index in [4.69, 9.17) is 4.99 Å². The van der Waals surface area contributed by atoms with Gasteiger partial charge < -0.3 is 0 Å². The zero-order chi connectivity index (χ0) is 14.9. The largest absolute Gasteiger partial charge is 0.264 e. The Hall–Kier alpha value is -2.74. The maximum Gasteiger partial charge on any atom is 0.0669 e. The van der Waals surface area contributed by atoms with E-state index in [1.54, 1.807) is 6.20 Å². The van der Waals surface area contributed by atoms with Gasteiger partial charge in [-0.25, -0.2) is 0 Å². The van der Waals surface area contributed by atoms with Gasteiger partial charge in [-0.1, -0.05) is 48.0 Å². The van der Waals surface area contributed by atoms with Crippen molar-refractivity contribution < 1.29 is 0 Å². The van der Waals surface area contributed by atoms with Gasteiger partial charge in [-0.15, -0.1) is 0 Å². The summed E-state index contributed by atoms with van der Waals surface area (Å²) in [7, 11) is 0. The molecule has 2 heterocycles. The smallest absolute Gasteiger partial charge is 0.0669 e. The molecule has 0 radical (unpaired) electrons. The Bertz CT molecular complexity index is 847. The number of hydrogen-bond acceptors (Lipinski definition) is 2. The zero-order valence-corrected chi connectivity index (χ0v) is 12.5. The third-order valence-corrected chi connectivity index (χ3v) is 4.06. The Morgan fingerprint density at radius 2 is 1.68 bits per heavy atom. The summed E-state index contributed by atoms with van der Waals surface area (Å²) in [6.45, 7) is 2.13. The van der Waals surface area contributed by atoms with Gasteiger partial charge in [0, 0.05) is 18.8 Å². The highest BCUT2D eigenvalue weighted by Gasteiger charge is 2.15. The average Bonchev–Trinajstić information content (AvgIpc) is 2.99. The predicted octanol–water partition coefficient (Wildman–Crippen LogP) is 4.73. The van der Waals surface area contributed by atoms with Gasteiger partial charge in [-0.3, -0.25) is 9.98 Å². The van der Waals surface area contributed by atoms with Gasteiger partial charge in [0.15, 0.2) is 0 Å². The summed E-state index contributed by atoms with van der Waals surface area (Å²) in [5.41, 5.74) is 8.40. The second-order valence-corrected chi connectivity index (χ2v) is 5.69. The Morgan fingerprint density at radius 3 is 2.45 bits per heavy atom. The van der Waals surface area contributed by atoms with Crippen LogP contribution in [0.1, 0.15) is 16.7 Å². The van der Waals surface area contributed by atoms with Crippen LogP contribution >= 0.6 is 0 Å². The number of aromatic nitrogens is 1. The van der Waals surface area contributed by atoms with E-state index in [1.165, 1.54) is 22.3 Å². The monoisotopic (exact) mass is 284 g/mol. The van der Waals surface area contributed by atoms with Crippen molar-refractivity contribution >= 4 is 11.4 Å². The van der Waals surface area contributed by atoms with E-state index in [1.807, 2.05) is 12.3 Å². The molecule has 0 N–H and O–H groups in total.